The first-order chi connectivity index (χ1) is 15.2. The number of aryl methyl sites for hydroxylation is 1. The Kier molecular flexibility index (Phi) is 7.15. The van der Waals surface area contributed by atoms with E-state index in [1.165, 1.54) is 30.3 Å². The van der Waals surface area contributed by atoms with Gasteiger partial charge < -0.3 is 15.2 Å². The van der Waals surface area contributed by atoms with Crippen molar-refractivity contribution >= 4 is 40.6 Å². The van der Waals surface area contributed by atoms with E-state index in [-0.39, 0.29) is 29.7 Å². The molecule has 0 aliphatic heterocycles. The molecule has 3 aromatic rings. The highest BCUT2D eigenvalue weighted by Gasteiger charge is 2.16. The summed E-state index contributed by atoms with van der Waals surface area (Å²) in [6.07, 6.45) is -0.0549. The number of carbonyl (C=O) groups excluding carboxylic acids is 2. The van der Waals surface area contributed by atoms with Crippen molar-refractivity contribution in [2.45, 2.75) is 18.5 Å². The Bertz CT molecular complexity index is 1170. The highest BCUT2D eigenvalue weighted by molar-refractivity contribution is 7.99. The molecule has 0 atom stereocenters. The predicted octanol–water partition coefficient (Wildman–Crippen LogP) is 3.08. The van der Waals surface area contributed by atoms with Gasteiger partial charge in [-0.1, -0.05) is 17.8 Å². The van der Waals surface area contributed by atoms with Crippen molar-refractivity contribution in [1.82, 2.24) is 14.8 Å². The van der Waals surface area contributed by atoms with Crippen LogP contribution in [0.5, 0.6) is 0 Å². The standard InChI is InChI=1S/C20H19FN6O4S/c1-12-3-6-15(9-16(12)27(30)31)23-19(29)11-32-20-25-24-17(26(20)2)10-18(28)22-14-7-4-13(21)5-8-14/h3-9H,10-11H2,1-2H3,(H,22,28)(H,23,29). The average molecular weight is 458 g/mol. The van der Waals surface area contributed by atoms with Crippen molar-refractivity contribution in [2.24, 2.45) is 7.05 Å². The molecular weight excluding hydrogens is 439 g/mol. The maximum absolute atomic E-state index is 13.0. The molecule has 166 valence electrons. The summed E-state index contributed by atoms with van der Waals surface area (Å²) in [5, 5.41) is 24.7. The maximum atomic E-state index is 13.0. The maximum Gasteiger partial charge on any atom is 0.274 e. The first kappa shape index (κ1) is 22.9. The molecule has 2 N–H and O–H groups in total. The number of thioether (sulfide) groups is 1. The van der Waals surface area contributed by atoms with Crippen molar-refractivity contribution < 1.29 is 18.9 Å². The van der Waals surface area contributed by atoms with E-state index in [0.29, 0.717) is 27.9 Å². The van der Waals surface area contributed by atoms with Crippen molar-refractivity contribution in [2.75, 3.05) is 16.4 Å². The Labute approximate surface area is 186 Å². The lowest BCUT2D eigenvalue weighted by Crippen LogP contribution is -2.17. The molecule has 0 saturated carbocycles. The zero-order valence-corrected chi connectivity index (χ0v) is 18.0. The monoisotopic (exact) mass is 458 g/mol. The number of aromatic nitrogens is 3. The van der Waals surface area contributed by atoms with E-state index < -0.39 is 10.7 Å². The molecule has 2 aromatic carbocycles. The van der Waals surface area contributed by atoms with Gasteiger partial charge in [-0.2, -0.15) is 0 Å². The number of nitrogens with zero attached hydrogens (tertiary/aromatic N) is 4. The fourth-order valence-corrected chi connectivity index (χ4v) is 3.45. The molecule has 3 rings (SSSR count). The number of carbonyl (C=O) groups is 2. The molecule has 32 heavy (non-hydrogen) atoms. The Morgan fingerprint density at radius 2 is 1.75 bits per heavy atom. The molecule has 0 fully saturated rings. The largest absolute Gasteiger partial charge is 0.326 e. The normalized spacial score (nSPS) is 10.6. The van der Waals surface area contributed by atoms with Crippen LogP contribution in [0.15, 0.2) is 47.6 Å². The zero-order chi connectivity index (χ0) is 23.3. The number of amides is 2. The smallest absolute Gasteiger partial charge is 0.274 e. The van der Waals surface area contributed by atoms with E-state index in [4.69, 9.17) is 0 Å². The Balaban J connectivity index is 1.54. The SMILES string of the molecule is Cc1ccc(NC(=O)CSc2nnc(CC(=O)Nc3ccc(F)cc3)n2C)cc1[N+](=O)[O-]. The summed E-state index contributed by atoms with van der Waals surface area (Å²) in [7, 11) is 1.67. The van der Waals surface area contributed by atoms with Gasteiger partial charge in [-0.15, -0.1) is 10.2 Å². The molecule has 0 radical (unpaired) electrons. The van der Waals surface area contributed by atoms with Crippen LogP contribution >= 0.6 is 11.8 Å². The second kappa shape index (κ2) is 10.0. The van der Waals surface area contributed by atoms with Gasteiger partial charge in [0.2, 0.25) is 11.8 Å². The van der Waals surface area contributed by atoms with Crippen LogP contribution in [0.25, 0.3) is 0 Å². The number of anilines is 2. The Morgan fingerprint density at radius 3 is 2.44 bits per heavy atom. The second-order valence-corrected chi connectivity index (χ2v) is 7.73. The molecule has 0 spiro atoms. The van der Waals surface area contributed by atoms with Crippen LogP contribution in [-0.2, 0) is 23.1 Å². The van der Waals surface area contributed by atoms with Crippen molar-refractivity contribution in [3.05, 3.63) is 69.8 Å². The van der Waals surface area contributed by atoms with Gasteiger partial charge in [-0.3, -0.25) is 19.7 Å². The fraction of sp³-hybridized carbons (Fsp3) is 0.200. The highest BCUT2D eigenvalue weighted by Crippen LogP contribution is 2.23. The van der Waals surface area contributed by atoms with E-state index in [9.17, 15) is 24.1 Å². The van der Waals surface area contributed by atoms with Crippen LogP contribution in [0.4, 0.5) is 21.5 Å². The number of nitrogens with one attached hydrogen (secondary N) is 2. The van der Waals surface area contributed by atoms with Gasteiger partial charge in [0.05, 0.1) is 17.1 Å². The van der Waals surface area contributed by atoms with Crippen molar-refractivity contribution in [1.29, 1.82) is 0 Å². The third-order valence-electron chi connectivity index (χ3n) is 4.39. The lowest BCUT2D eigenvalue weighted by Gasteiger charge is -2.07. The van der Waals surface area contributed by atoms with Crippen molar-refractivity contribution in [3.63, 3.8) is 0 Å². The summed E-state index contributed by atoms with van der Waals surface area (Å²) >= 11 is 1.11. The van der Waals surface area contributed by atoms with Crippen LogP contribution in [0.2, 0.25) is 0 Å². The third kappa shape index (κ3) is 5.88. The molecule has 0 saturated heterocycles. The summed E-state index contributed by atoms with van der Waals surface area (Å²) in [4.78, 5) is 34.9. The minimum Gasteiger partial charge on any atom is -0.326 e. The fourth-order valence-electron chi connectivity index (χ4n) is 2.72. The second-order valence-electron chi connectivity index (χ2n) is 6.78. The van der Waals surface area contributed by atoms with Crippen LogP contribution in [0, 0.1) is 22.9 Å². The van der Waals surface area contributed by atoms with E-state index in [2.05, 4.69) is 20.8 Å². The van der Waals surface area contributed by atoms with Gasteiger partial charge in [0, 0.05) is 30.1 Å². The number of hydrogen-bond donors (Lipinski definition) is 2. The summed E-state index contributed by atoms with van der Waals surface area (Å²) in [5.74, 6) is -0.728. The molecule has 1 heterocycles. The number of halogens is 1. The van der Waals surface area contributed by atoms with E-state index in [0.717, 1.165) is 11.8 Å². The number of rotatable bonds is 8. The molecule has 0 unspecified atom stereocenters. The number of nitro benzene ring substituents is 1. The molecular formula is C20H19FN6O4S. The molecule has 1 aromatic heterocycles. The van der Waals surface area contributed by atoms with Gasteiger partial charge in [-0.05, 0) is 37.3 Å². The molecule has 2 amide bonds. The van der Waals surface area contributed by atoms with Crippen LogP contribution < -0.4 is 10.6 Å². The predicted molar refractivity (Wildman–Crippen MR) is 117 cm³/mol. The first-order valence-electron chi connectivity index (χ1n) is 9.34. The van der Waals surface area contributed by atoms with Gasteiger partial charge in [0.25, 0.3) is 5.69 Å². The quantitative estimate of drug-likeness (QED) is 0.301. The summed E-state index contributed by atoms with van der Waals surface area (Å²) < 4.78 is 14.5. The van der Waals surface area contributed by atoms with Crippen LogP contribution in [-0.4, -0.2) is 37.3 Å². The van der Waals surface area contributed by atoms with Crippen LogP contribution in [0.1, 0.15) is 11.4 Å². The number of benzene rings is 2. The van der Waals surface area contributed by atoms with Gasteiger partial charge in [0.1, 0.15) is 11.6 Å². The topological polar surface area (TPSA) is 132 Å². The highest BCUT2D eigenvalue weighted by atomic mass is 32.2. The lowest BCUT2D eigenvalue weighted by atomic mass is 10.2. The summed E-state index contributed by atoms with van der Waals surface area (Å²) in [5.41, 5.74) is 1.20. The van der Waals surface area contributed by atoms with E-state index in [1.807, 2.05) is 0 Å². The van der Waals surface area contributed by atoms with Gasteiger partial charge >= 0.3 is 0 Å². The summed E-state index contributed by atoms with van der Waals surface area (Å²) in [6, 6.07) is 9.84. The van der Waals surface area contributed by atoms with Crippen molar-refractivity contribution in [3.8, 4) is 0 Å². The number of hydrogen-bond acceptors (Lipinski definition) is 7. The van der Waals surface area contributed by atoms with E-state index in [1.54, 1.807) is 30.7 Å². The zero-order valence-electron chi connectivity index (χ0n) is 17.2. The van der Waals surface area contributed by atoms with Gasteiger partial charge in [0.15, 0.2) is 5.16 Å². The minimum atomic E-state index is -0.507. The Hall–Kier alpha value is -3.80. The molecule has 10 nitrogen and oxygen atoms in total. The lowest BCUT2D eigenvalue weighted by molar-refractivity contribution is -0.385. The minimum absolute atomic E-state index is 0.00454. The molecule has 0 aliphatic carbocycles. The average Bonchev–Trinajstić information content (AvgIpc) is 3.08. The van der Waals surface area contributed by atoms with Crippen LogP contribution in [0.3, 0.4) is 0 Å². The molecule has 0 aliphatic rings. The van der Waals surface area contributed by atoms with Gasteiger partial charge in [-0.25, -0.2) is 4.39 Å². The Morgan fingerprint density at radius 1 is 1.09 bits per heavy atom. The third-order valence-corrected chi connectivity index (χ3v) is 5.41. The molecule has 0 bridgehead atoms. The van der Waals surface area contributed by atoms with E-state index >= 15 is 0 Å². The number of nitro groups is 1. The first-order valence-corrected chi connectivity index (χ1v) is 10.3. The summed E-state index contributed by atoms with van der Waals surface area (Å²) in [6.45, 7) is 1.62. The molecule has 12 heteroatoms.